The zero-order valence-corrected chi connectivity index (χ0v) is 13.4. The minimum absolute atomic E-state index is 0.150. The lowest BCUT2D eigenvalue weighted by molar-refractivity contribution is -0.129. The highest BCUT2D eigenvalue weighted by atomic mass is 127. The fourth-order valence-electron chi connectivity index (χ4n) is 2.19. The van der Waals surface area contributed by atoms with Gasteiger partial charge in [-0.1, -0.05) is 18.2 Å². The fourth-order valence-corrected chi connectivity index (χ4v) is 2.80. The van der Waals surface area contributed by atoms with E-state index in [1.807, 2.05) is 24.3 Å². The van der Waals surface area contributed by atoms with Gasteiger partial charge in [-0.05, 0) is 40.6 Å². The Bertz CT molecular complexity index is 576. The molecule has 1 aliphatic heterocycles. The molecule has 1 saturated heterocycles. The van der Waals surface area contributed by atoms with Crippen LogP contribution in [0.4, 0.5) is 0 Å². The molecule has 1 fully saturated rings. The number of nitrogens with two attached hydrogens (primary N) is 1. The van der Waals surface area contributed by atoms with E-state index in [9.17, 15) is 14.4 Å². The van der Waals surface area contributed by atoms with Crippen molar-refractivity contribution in [3.05, 3.63) is 33.4 Å². The quantitative estimate of drug-likeness (QED) is 0.610. The van der Waals surface area contributed by atoms with Crippen molar-refractivity contribution in [3.63, 3.8) is 0 Å². The summed E-state index contributed by atoms with van der Waals surface area (Å²) in [6.45, 7) is 0. The molecule has 0 saturated carbocycles. The van der Waals surface area contributed by atoms with Crippen LogP contribution in [0, 0.1) is 3.57 Å². The van der Waals surface area contributed by atoms with E-state index in [2.05, 4.69) is 33.2 Å². The standard InChI is InChI=1S/C14H16IN3O3/c15-9-4-2-1-3-8(9)7-11(13(16)20)18-14(21)10-5-6-12(19)17-10/h1-4,10-11H,5-7H2,(H2,16,20)(H,17,19)(H,18,21)/t10-,11-/m1/s1. The number of amides is 3. The van der Waals surface area contributed by atoms with E-state index in [4.69, 9.17) is 5.73 Å². The summed E-state index contributed by atoms with van der Waals surface area (Å²) < 4.78 is 1.00. The molecule has 6 nitrogen and oxygen atoms in total. The maximum Gasteiger partial charge on any atom is 0.243 e. The lowest BCUT2D eigenvalue weighted by Gasteiger charge is -2.18. The second-order valence-corrected chi connectivity index (χ2v) is 6.08. The van der Waals surface area contributed by atoms with E-state index in [0.29, 0.717) is 19.3 Å². The molecule has 21 heavy (non-hydrogen) atoms. The van der Waals surface area contributed by atoms with Crippen LogP contribution in [-0.4, -0.2) is 29.8 Å². The Hall–Kier alpha value is -1.64. The van der Waals surface area contributed by atoms with Crippen LogP contribution in [-0.2, 0) is 20.8 Å². The van der Waals surface area contributed by atoms with Crippen molar-refractivity contribution in [2.45, 2.75) is 31.3 Å². The van der Waals surface area contributed by atoms with Gasteiger partial charge in [-0.25, -0.2) is 0 Å². The van der Waals surface area contributed by atoms with Crippen molar-refractivity contribution in [1.29, 1.82) is 0 Å². The van der Waals surface area contributed by atoms with Gasteiger partial charge in [0.15, 0.2) is 0 Å². The van der Waals surface area contributed by atoms with Crippen LogP contribution in [0.1, 0.15) is 18.4 Å². The van der Waals surface area contributed by atoms with Gasteiger partial charge in [0.25, 0.3) is 0 Å². The van der Waals surface area contributed by atoms with Crippen molar-refractivity contribution >= 4 is 40.3 Å². The van der Waals surface area contributed by atoms with Crippen molar-refractivity contribution in [2.24, 2.45) is 5.73 Å². The van der Waals surface area contributed by atoms with Gasteiger partial charge in [-0.2, -0.15) is 0 Å². The Morgan fingerprint density at radius 1 is 1.43 bits per heavy atom. The highest BCUT2D eigenvalue weighted by molar-refractivity contribution is 14.1. The molecule has 1 aliphatic rings. The molecule has 112 valence electrons. The number of primary amides is 1. The number of rotatable bonds is 5. The summed E-state index contributed by atoms with van der Waals surface area (Å²) >= 11 is 2.17. The molecule has 0 aromatic heterocycles. The largest absolute Gasteiger partial charge is 0.368 e. The molecule has 2 rings (SSSR count). The minimum Gasteiger partial charge on any atom is -0.368 e. The number of halogens is 1. The van der Waals surface area contributed by atoms with Gasteiger partial charge in [0, 0.05) is 16.4 Å². The average molecular weight is 401 g/mol. The summed E-state index contributed by atoms with van der Waals surface area (Å²) in [5.41, 5.74) is 6.31. The number of nitrogens with one attached hydrogen (secondary N) is 2. The fraction of sp³-hybridized carbons (Fsp3) is 0.357. The number of carbonyl (C=O) groups is 3. The first kappa shape index (κ1) is 15.7. The Kier molecular flexibility index (Phi) is 5.16. The van der Waals surface area contributed by atoms with Crippen LogP contribution in [0.5, 0.6) is 0 Å². The first-order valence-electron chi connectivity index (χ1n) is 6.60. The third-order valence-corrected chi connectivity index (χ3v) is 4.41. The Labute approximate surface area is 136 Å². The summed E-state index contributed by atoms with van der Waals surface area (Å²) in [5, 5.41) is 5.19. The van der Waals surface area contributed by atoms with Crippen molar-refractivity contribution < 1.29 is 14.4 Å². The topological polar surface area (TPSA) is 101 Å². The monoisotopic (exact) mass is 401 g/mol. The predicted octanol–water partition coefficient (Wildman–Crippen LogP) is 0.0824. The Morgan fingerprint density at radius 2 is 2.14 bits per heavy atom. The van der Waals surface area contributed by atoms with Gasteiger partial charge in [-0.3, -0.25) is 14.4 Å². The Morgan fingerprint density at radius 3 is 2.71 bits per heavy atom. The lowest BCUT2D eigenvalue weighted by Crippen LogP contribution is -2.51. The van der Waals surface area contributed by atoms with E-state index in [-0.39, 0.29) is 11.8 Å². The first-order valence-corrected chi connectivity index (χ1v) is 7.67. The van der Waals surface area contributed by atoms with Crippen LogP contribution >= 0.6 is 22.6 Å². The molecule has 1 aromatic carbocycles. The highest BCUT2D eigenvalue weighted by Crippen LogP contribution is 2.14. The SMILES string of the molecule is NC(=O)[C@@H](Cc1ccccc1I)NC(=O)[C@H]1CCC(=O)N1. The molecule has 7 heteroatoms. The van der Waals surface area contributed by atoms with Crippen molar-refractivity contribution in [2.75, 3.05) is 0 Å². The number of benzene rings is 1. The molecule has 0 bridgehead atoms. The lowest BCUT2D eigenvalue weighted by atomic mass is 10.0. The second kappa shape index (κ2) is 6.88. The Balaban J connectivity index is 2.03. The maximum absolute atomic E-state index is 12.0. The van der Waals surface area contributed by atoms with Crippen LogP contribution in [0.3, 0.4) is 0 Å². The van der Waals surface area contributed by atoms with Gasteiger partial charge in [0.1, 0.15) is 12.1 Å². The molecule has 1 aromatic rings. The number of hydrogen-bond acceptors (Lipinski definition) is 3. The van der Waals surface area contributed by atoms with Crippen LogP contribution in [0.15, 0.2) is 24.3 Å². The smallest absolute Gasteiger partial charge is 0.243 e. The molecule has 0 radical (unpaired) electrons. The zero-order valence-electron chi connectivity index (χ0n) is 11.3. The molecule has 0 aliphatic carbocycles. The molecule has 1 heterocycles. The van der Waals surface area contributed by atoms with E-state index in [1.165, 1.54) is 0 Å². The third kappa shape index (κ3) is 4.16. The highest BCUT2D eigenvalue weighted by Gasteiger charge is 2.30. The molecule has 2 atom stereocenters. The van der Waals surface area contributed by atoms with E-state index < -0.39 is 18.0 Å². The number of hydrogen-bond donors (Lipinski definition) is 3. The zero-order chi connectivity index (χ0) is 15.4. The van der Waals surface area contributed by atoms with Crippen LogP contribution < -0.4 is 16.4 Å². The summed E-state index contributed by atoms with van der Waals surface area (Å²) in [7, 11) is 0. The van der Waals surface area contributed by atoms with Crippen molar-refractivity contribution in [1.82, 2.24) is 10.6 Å². The summed E-state index contributed by atoms with van der Waals surface area (Å²) in [5.74, 6) is -1.11. The van der Waals surface area contributed by atoms with Crippen LogP contribution in [0.2, 0.25) is 0 Å². The molecule has 3 amide bonds. The van der Waals surface area contributed by atoms with Crippen molar-refractivity contribution in [3.8, 4) is 0 Å². The summed E-state index contributed by atoms with van der Waals surface area (Å²) in [4.78, 5) is 34.7. The molecule has 0 spiro atoms. The van der Waals surface area contributed by atoms with Gasteiger partial charge >= 0.3 is 0 Å². The van der Waals surface area contributed by atoms with Gasteiger partial charge < -0.3 is 16.4 Å². The van der Waals surface area contributed by atoms with Gasteiger partial charge in [0.2, 0.25) is 17.7 Å². The molecule has 0 unspecified atom stereocenters. The molecule has 4 N–H and O–H groups in total. The normalized spacial score (nSPS) is 18.9. The maximum atomic E-state index is 12.0. The van der Waals surface area contributed by atoms with E-state index in [1.54, 1.807) is 0 Å². The molecular formula is C14H16IN3O3. The predicted molar refractivity (Wildman–Crippen MR) is 85.2 cm³/mol. The van der Waals surface area contributed by atoms with Gasteiger partial charge in [0.05, 0.1) is 0 Å². The third-order valence-electron chi connectivity index (χ3n) is 3.35. The first-order chi connectivity index (χ1) is 9.97. The summed E-state index contributed by atoms with van der Waals surface area (Å²) in [6, 6.07) is 6.22. The second-order valence-electron chi connectivity index (χ2n) is 4.92. The van der Waals surface area contributed by atoms with E-state index >= 15 is 0 Å². The summed E-state index contributed by atoms with van der Waals surface area (Å²) in [6.07, 6.45) is 1.11. The van der Waals surface area contributed by atoms with E-state index in [0.717, 1.165) is 9.13 Å². The number of carbonyl (C=O) groups excluding carboxylic acids is 3. The molecular weight excluding hydrogens is 385 g/mol. The van der Waals surface area contributed by atoms with Crippen LogP contribution in [0.25, 0.3) is 0 Å². The average Bonchev–Trinajstić information content (AvgIpc) is 2.87. The van der Waals surface area contributed by atoms with Gasteiger partial charge in [-0.15, -0.1) is 0 Å². The minimum atomic E-state index is -0.786.